The minimum atomic E-state index is -2.46. The summed E-state index contributed by atoms with van der Waals surface area (Å²) >= 11 is 0. The third-order valence-electron chi connectivity index (χ3n) is 6.23. The van der Waals surface area contributed by atoms with Crippen LogP contribution >= 0.6 is 0 Å². The lowest BCUT2D eigenvalue weighted by molar-refractivity contribution is 0.0920. The highest BCUT2D eigenvalue weighted by Crippen LogP contribution is 2.38. The summed E-state index contributed by atoms with van der Waals surface area (Å²) < 4.78 is 7.07. The Morgan fingerprint density at radius 2 is 1.33 bits per heavy atom. The van der Waals surface area contributed by atoms with Gasteiger partial charge in [-0.2, -0.15) is 0 Å². The van der Waals surface area contributed by atoms with Crippen molar-refractivity contribution in [1.82, 2.24) is 0 Å². The number of aliphatic hydroxyl groups is 1. The van der Waals surface area contributed by atoms with E-state index in [4.69, 9.17) is 4.43 Å². The van der Waals surface area contributed by atoms with E-state index in [0.29, 0.717) is 11.8 Å². The molecule has 0 bridgehead atoms. The molecule has 1 fully saturated rings. The van der Waals surface area contributed by atoms with Crippen LogP contribution in [0.3, 0.4) is 0 Å². The van der Waals surface area contributed by atoms with Crippen molar-refractivity contribution in [3.8, 4) is 0 Å². The molecule has 2 unspecified atom stereocenters. The van der Waals surface area contributed by atoms with Crippen molar-refractivity contribution in [3.63, 3.8) is 0 Å². The van der Waals surface area contributed by atoms with E-state index >= 15 is 0 Å². The van der Waals surface area contributed by atoms with Gasteiger partial charge in [-0.15, -0.1) is 0 Å². The molecule has 0 radical (unpaired) electrons. The molecule has 3 rings (SSSR count). The summed E-state index contributed by atoms with van der Waals surface area (Å²) in [5.74, 6) is 0.849. The van der Waals surface area contributed by atoms with Crippen LogP contribution in [0.5, 0.6) is 0 Å². The highest BCUT2D eigenvalue weighted by atomic mass is 28.4. The molecule has 27 heavy (non-hydrogen) atoms. The van der Waals surface area contributed by atoms with Gasteiger partial charge < -0.3 is 9.53 Å². The first kappa shape index (κ1) is 20.3. The monoisotopic (exact) mass is 382 g/mol. The number of benzene rings is 2. The maximum absolute atomic E-state index is 9.84. The fourth-order valence-electron chi connectivity index (χ4n) is 4.74. The number of hydrogen-bond donors (Lipinski definition) is 1. The zero-order valence-electron chi connectivity index (χ0n) is 17.0. The van der Waals surface area contributed by atoms with E-state index in [2.05, 4.69) is 81.4 Å². The van der Waals surface area contributed by atoms with Crippen LogP contribution < -0.4 is 10.4 Å². The first-order valence-corrected chi connectivity index (χ1v) is 12.3. The quantitative estimate of drug-likeness (QED) is 0.752. The van der Waals surface area contributed by atoms with Gasteiger partial charge in [0.1, 0.15) is 0 Å². The van der Waals surface area contributed by atoms with Crippen molar-refractivity contribution in [3.05, 3.63) is 60.7 Å². The Bertz CT molecular complexity index is 654. The molecule has 0 amide bonds. The molecule has 0 heterocycles. The van der Waals surface area contributed by atoms with Crippen LogP contribution in [0.15, 0.2) is 60.7 Å². The Morgan fingerprint density at radius 1 is 0.852 bits per heavy atom. The summed E-state index contributed by atoms with van der Waals surface area (Å²) in [6, 6.07) is 21.7. The average Bonchev–Trinajstić information content (AvgIpc) is 2.69. The summed E-state index contributed by atoms with van der Waals surface area (Å²) in [5.41, 5.74) is 0. The lowest BCUT2D eigenvalue weighted by Gasteiger charge is -2.44. The zero-order chi connectivity index (χ0) is 19.3. The summed E-state index contributed by atoms with van der Waals surface area (Å²) in [6.45, 7) is 8.00. The number of hydrogen-bond acceptors (Lipinski definition) is 2. The second-order valence-corrected chi connectivity index (χ2v) is 13.3. The Hall–Kier alpha value is -1.42. The van der Waals surface area contributed by atoms with Crippen LogP contribution in [-0.2, 0) is 4.43 Å². The Balaban J connectivity index is 2.01. The highest BCUT2D eigenvalue weighted by molar-refractivity contribution is 6.99. The Morgan fingerprint density at radius 3 is 1.78 bits per heavy atom. The summed E-state index contributed by atoms with van der Waals surface area (Å²) in [6.07, 6.45) is 4.79. The van der Waals surface area contributed by atoms with E-state index in [1.165, 1.54) is 29.6 Å². The molecule has 2 aromatic carbocycles. The Labute approximate surface area is 165 Å². The van der Waals surface area contributed by atoms with Crippen LogP contribution in [0.2, 0.25) is 5.04 Å². The van der Waals surface area contributed by atoms with Crippen LogP contribution in [0, 0.1) is 11.8 Å². The van der Waals surface area contributed by atoms with Crippen molar-refractivity contribution in [2.75, 3.05) is 13.2 Å². The molecule has 2 aromatic rings. The standard InChI is InChI=1S/C24H34O2Si/c1-24(2,3)27(22-14-6-4-7-15-22,23-16-8-5-9-17-23)26-19-21-13-11-10-12-20(21)18-25/h4-9,14-17,20-21,25H,10-13,18-19H2,1-3H3. The van der Waals surface area contributed by atoms with Gasteiger partial charge in [0.15, 0.2) is 0 Å². The molecule has 1 saturated carbocycles. The van der Waals surface area contributed by atoms with Crippen molar-refractivity contribution in [1.29, 1.82) is 0 Å². The van der Waals surface area contributed by atoms with E-state index in [1.807, 2.05) is 0 Å². The van der Waals surface area contributed by atoms with E-state index in [0.717, 1.165) is 13.0 Å². The van der Waals surface area contributed by atoms with Gasteiger partial charge in [-0.3, -0.25) is 0 Å². The first-order chi connectivity index (χ1) is 13.0. The van der Waals surface area contributed by atoms with Crippen molar-refractivity contribution in [2.24, 2.45) is 11.8 Å². The topological polar surface area (TPSA) is 29.5 Å². The molecular formula is C24H34O2Si. The smallest absolute Gasteiger partial charge is 0.261 e. The molecule has 0 aliphatic heterocycles. The highest BCUT2D eigenvalue weighted by Gasteiger charge is 2.50. The molecule has 0 aromatic heterocycles. The van der Waals surface area contributed by atoms with Crippen molar-refractivity contribution in [2.45, 2.75) is 51.5 Å². The van der Waals surface area contributed by atoms with Gasteiger partial charge in [0.25, 0.3) is 8.32 Å². The van der Waals surface area contributed by atoms with Crippen LogP contribution in [0.1, 0.15) is 46.5 Å². The summed E-state index contributed by atoms with van der Waals surface area (Å²) in [5, 5.41) is 12.5. The van der Waals surface area contributed by atoms with E-state index in [9.17, 15) is 5.11 Å². The van der Waals surface area contributed by atoms with Crippen molar-refractivity contribution >= 4 is 18.7 Å². The fraction of sp³-hybridized carbons (Fsp3) is 0.500. The van der Waals surface area contributed by atoms with E-state index in [1.54, 1.807) is 0 Å². The fourth-order valence-corrected chi connectivity index (χ4v) is 9.36. The minimum absolute atomic E-state index is 0.0130. The van der Waals surface area contributed by atoms with Gasteiger partial charge >= 0.3 is 0 Å². The maximum atomic E-state index is 9.84. The minimum Gasteiger partial charge on any atom is -0.407 e. The van der Waals surface area contributed by atoms with Gasteiger partial charge in [0.05, 0.1) is 0 Å². The van der Waals surface area contributed by atoms with Crippen LogP contribution in [0.4, 0.5) is 0 Å². The number of aliphatic hydroxyl groups excluding tert-OH is 1. The second kappa shape index (κ2) is 8.72. The molecule has 2 atom stereocenters. The normalized spacial score (nSPS) is 21.2. The molecule has 3 heteroatoms. The lowest BCUT2D eigenvalue weighted by atomic mass is 9.80. The van der Waals surface area contributed by atoms with E-state index in [-0.39, 0.29) is 11.6 Å². The van der Waals surface area contributed by atoms with Gasteiger partial charge in [-0.05, 0) is 40.1 Å². The SMILES string of the molecule is CC(C)(C)[Si](OCC1CCCCC1CO)(c1ccccc1)c1ccccc1. The lowest BCUT2D eigenvalue weighted by Crippen LogP contribution is -2.67. The van der Waals surface area contributed by atoms with Crippen LogP contribution in [0.25, 0.3) is 0 Å². The molecule has 1 aliphatic carbocycles. The molecule has 0 spiro atoms. The first-order valence-electron chi connectivity index (χ1n) is 10.3. The maximum Gasteiger partial charge on any atom is 0.261 e. The summed E-state index contributed by atoms with van der Waals surface area (Å²) in [4.78, 5) is 0. The number of rotatable bonds is 6. The molecule has 2 nitrogen and oxygen atoms in total. The molecule has 1 aliphatic rings. The molecule has 0 saturated heterocycles. The predicted molar refractivity (Wildman–Crippen MR) is 116 cm³/mol. The zero-order valence-corrected chi connectivity index (χ0v) is 18.0. The third-order valence-corrected chi connectivity index (χ3v) is 11.2. The van der Waals surface area contributed by atoms with Crippen molar-refractivity contribution < 1.29 is 9.53 Å². The molecular weight excluding hydrogens is 348 g/mol. The van der Waals surface area contributed by atoms with Crippen LogP contribution in [-0.4, -0.2) is 26.6 Å². The van der Waals surface area contributed by atoms with Gasteiger partial charge in [0.2, 0.25) is 0 Å². The van der Waals surface area contributed by atoms with Gasteiger partial charge in [-0.1, -0.05) is 94.3 Å². The van der Waals surface area contributed by atoms with Gasteiger partial charge in [-0.25, -0.2) is 0 Å². The molecule has 1 N–H and O–H groups in total. The van der Waals surface area contributed by atoms with E-state index < -0.39 is 8.32 Å². The largest absolute Gasteiger partial charge is 0.407 e. The second-order valence-electron chi connectivity index (χ2n) is 8.96. The average molecular weight is 383 g/mol. The predicted octanol–water partition coefficient (Wildman–Crippen LogP) is 4.36. The third kappa shape index (κ3) is 4.21. The summed E-state index contributed by atoms with van der Waals surface area (Å²) in [7, 11) is -2.46. The molecule has 146 valence electrons. The Kier molecular flexibility index (Phi) is 6.56. The van der Waals surface area contributed by atoms with Gasteiger partial charge in [0, 0.05) is 13.2 Å².